The quantitative estimate of drug-likeness (QED) is 0.763. The van der Waals surface area contributed by atoms with Gasteiger partial charge in [0.05, 0.1) is 24.8 Å². The van der Waals surface area contributed by atoms with E-state index in [1.54, 1.807) is 0 Å². The lowest BCUT2D eigenvalue weighted by molar-refractivity contribution is 0.0913. The van der Waals surface area contributed by atoms with Crippen LogP contribution in [0.1, 0.15) is 28.2 Å². The van der Waals surface area contributed by atoms with Gasteiger partial charge in [-0.3, -0.25) is 0 Å². The Hall–Kier alpha value is -1.08. The van der Waals surface area contributed by atoms with E-state index in [0.717, 1.165) is 31.7 Å². The number of nitrogens with zero attached hydrogens (tertiary/aromatic N) is 1. The van der Waals surface area contributed by atoms with Gasteiger partial charge in [-0.25, -0.2) is 0 Å². The van der Waals surface area contributed by atoms with Crippen LogP contribution < -0.4 is 5.32 Å². The highest BCUT2D eigenvalue weighted by Gasteiger charge is 2.26. The average Bonchev–Trinajstić information content (AvgIpc) is 2.55. The molecule has 1 aromatic carbocycles. The van der Waals surface area contributed by atoms with E-state index in [1.807, 2.05) is 6.07 Å². The fraction of sp³-hybridized carbons (Fsp3) is 0.462. The molecule has 4 heteroatoms. The number of halogens is 1. The third-order valence-corrected chi connectivity index (χ3v) is 3.50. The molecule has 1 N–H and O–H groups in total. The molecule has 1 aromatic rings. The number of nitrogens with one attached hydrogen (secondary N) is 1. The van der Waals surface area contributed by atoms with Crippen LogP contribution in [-0.2, 0) is 17.8 Å². The molecule has 0 saturated carbocycles. The molecule has 0 aromatic heterocycles. The van der Waals surface area contributed by atoms with Crippen LogP contribution in [0.3, 0.4) is 0 Å². The maximum absolute atomic E-state index is 9.15. The van der Waals surface area contributed by atoms with Gasteiger partial charge < -0.3 is 10.1 Å². The summed E-state index contributed by atoms with van der Waals surface area (Å²) in [4.78, 5) is 0. The first-order valence-electron chi connectivity index (χ1n) is 5.73. The van der Waals surface area contributed by atoms with E-state index in [0.29, 0.717) is 12.5 Å². The van der Waals surface area contributed by atoms with E-state index >= 15 is 0 Å². The number of ether oxygens (including phenoxy) is 1. The summed E-state index contributed by atoms with van der Waals surface area (Å²) in [6.45, 7) is 3.41. The summed E-state index contributed by atoms with van der Waals surface area (Å²) >= 11 is 0. The predicted molar refractivity (Wildman–Crippen MR) is 67.4 cm³/mol. The van der Waals surface area contributed by atoms with Gasteiger partial charge in [0.1, 0.15) is 0 Å². The van der Waals surface area contributed by atoms with Gasteiger partial charge in [-0.2, -0.15) is 5.26 Å². The first-order valence-corrected chi connectivity index (χ1v) is 5.73. The van der Waals surface area contributed by atoms with Gasteiger partial charge in [-0.1, -0.05) is 6.07 Å². The Balaban J connectivity index is 0.00000108. The van der Waals surface area contributed by atoms with E-state index in [9.17, 15) is 0 Å². The van der Waals surface area contributed by atoms with Crippen molar-refractivity contribution >= 4 is 12.4 Å². The van der Waals surface area contributed by atoms with Gasteiger partial charge in [0.15, 0.2) is 0 Å². The molecule has 1 unspecified atom stereocenters. The fourth-order valence-corrected chi connectivity index (χ4v) is 2.77. The average molecular weight is 251 g/mol. The molecule has 0 amide bonds. The smallest absolute Gasteiger partial charge is 0.0994 e. The summed E-state index contributed by atoms with van der Waals surface area (Å²) in [6.07, 6.45) is 0.961. The second kappa shape index (κ2) is 5.05. The first kappa shape index (κ1) is 12.4. The van der Waals surface area contributed by atoms with Crippen molar-refractivity contribution < 1.29 is 4.74 Å². The fourth-order valence-electron chi connectivity index (χ4n) is 2.77. The van der Waals surface area contributed by atoms with Crippen molar-refractivity contribution in [2.24, 2.45) is 0 Å². The zero-order chi connectivity index (χ0) is 11.0. The normalized spacial score (nSPS) is 21.7. The van der Waals surface area contributed by atoms with E-state index < -0.39 is 0 Å². The van der Waals surface area contributed by atoms with Gasteiger partial charge in [0, 0.05) is 12.5 Å². The number of rotatable bonds is 0. The van der Waals surface area contributed by atoms with Crippen molar-refractivity contribution in [1.29, 1.82) is 5.26 Å². The first-order chi connectivity index (χ1) is 7.90. The highest BCUT2D eigenvalue weighted by molar-refractivity contribution is 5.85. The lowest BCUT2D eigenvalue weighted by Gasteiger charge is -2.26. The summed E-state index contributed by atoms with van der Waals surface area (Å²) in [6, 6.07) is 6.30. The van der Waals surface area contributed by atoms with Gasteiger partial charge in [0.2, 0.25) is 0 Å². The van der Waals surface area contributed by atoms with E-state index in [-0.39, 0.29) is 12.4 Å². The molecule has 2 heterocycles. The minimum atomic E-state index is 0. The summed E-state index contributed by atoms with van der Waals surface area (Å²) in [5.41, 5.74) is 4.75. The topological polar surface area (TPSA) is 45.0 Å². The Kier molecular flexibility index (Phi) is 3.68. The van der Waals surface area contributed by atoms with Crippen LogP contribution in [0, 0.1) is 11.3 Å². The molecule has 0 saturated heterocycles. The summed E-state index contributed by atoms with van der Waals surface area (Å²) in [7, 11) is 0. The molecule has 1 atom stereocenters. The highest BCUT2D eigenvalue weighted by atomic mass is 35.5. The summed E-state index contributed by atoms with van der Waals surface area (Å²) in [5, 5.41) is 12.6. The van der Waals surface area contributed by atoms with E-state index in [4.69, 9.17) is 10.00 Å². The molecule has 0 bridgehead atoms. The number of nitriles is 1. The SMILES string of the molecule is Cl.N#Cc1ccc2c3c1CCNCC3COC2. The molecule has 2 aliphatic heterocycles. The molecule has 90 valence electrons. The van der Waals surface area contributed by atoms with Gasteiger partial charge in [0.25, 0.3) is 0 Å². The molecular formula is C13H15ClN2O. The van der Waals surface area contributed by atoms with Crippen LogP contribution in [0.25, 0.3) is 0 Å². The molecule has 0 spiro atoms. The van der Waals surface area contributed by atoms with Gasteiger partial charge in [-0.15, -0.1) is 12.4 Å². The van der Waals surface area contributed by atoms with Gasteiger partial charge in [-0.05, 0) is 35.7 Å². The van der Waals surface area contributed by atoms with Crippen molar-refractivity contribution in [2.75, 3.05) is 19.7 Å². The second-order valence-corrected chi connectivity index (χ2v) is 4.44. The number of benzene rings is 1. The molecular weight excluding hydrogens is 236 g/mol. The summed E-state index contributed by atoms with van der Waals surface area (Å²) in [5.74, 6) is 0.426. The van der Waals surface area contributed by atoms with Crippen LogP contribution in [0.2, 0.25) is 0 Å². The Labute approximate surface area is 107 Å². The third kappa shape index (κ3) is 2.04. The zero-order valence-corrected chi connectivity index (χ0v) is 10.3. The number of hydrogen-bond donors (Lipinski definition) is 1. The molecule has 17 heavy (non-hydrogen) atoms. The lowest BCUT2D eigenvalue weighted by atomic mass is 9.86. The van der Waals surface area contributed by atoms with E-state index in [2.05, 4.69) is 17.5 Å². The Bertz CT molecular complexity index is 467. The molecule has 3 rings (SSSR count). The van der Waals surface area contributed by atoms with Crippen LogP contribution in [-0.4, -0.2) is 19.7 Å². The molecule has 0 aliphatic carbocycles. The van der Waals surface area contributed by atoms with Crippen molar-refractivity contribution in [3.8, 4) is 6.07 Å². The summed E-state index contributed by atoms with van der Waals surface area (Å²) < 4.78 is 5.59. The van der Waals surface area contributed by atoms with Gasteiger partial charge >= 0.3 is 0 Å². The van der Waals surface area contributed by atoms with Crippen LogP contribution in [0.5, 0.6) is 0 Å². The minimum Gasteiger partial charge on any atom is -0.376 e. The van der Waals surface area contributed by atoms with E-state index in [1.165, 1.54) is 16.7 Å². The van der Waals surface area contributed by atoms with Crippen molar-refractivity contribution in [3.05, 3.63) is 34.4 Å². The Morgan fingerprint density at radius 2 is 2.29 bits per heavy atom. The second-order valence-electron chi connectivity index (χ2n) is 4.44. The third-order valence-electron chi connectivity index (χ3n) is 3.50. The monoisotopic (exact) mass is 250 g/mol. The van der Waals surface area contributed by atoms with Crippen LogP contribution >= 0.6 is 12.4 Å². The van der Waals surface area contributed by atoms with Crippen molar-refractivity contribution in [3.63, 3.8) is 0 Å². The molecule has 0 radical (unpaired) electrons. The molecule has 3 nitrogen and oxygen atoms in total. The predicted octanol–water partition coefficient (Wildman–Crippen LogP) is 1.74. The largest absolute Gasteiger partial charge is 0.376 e. The molecule has 2 aliphatic rings. The maximum Gasteiger partial charge on any atom is 0.0994 e. The lowest BCUT2D eigenvalue weighted by Crippen LogP contribution is -2.26. The van der Waals surface area contributed by atoms with Crippen LogP contribution in [0.15, 0.2) is 12.1 Å². The minimum absolute atomic E-state index is 0. The van der Waals surface area contributed by atoms with Crippen LogP contribution in [0.4, 0.5) is 0 Å². The molecule has 0 fully saturated rings. The maximum atomic E-state index is 9.15. The number of hydrogen-bond acceptors (Lipinski definition) is 3. The van der Waals surface area contributed by atoms with Crippen molar-refractivity contribution in [2.45, 2.75) is 18.9 Å². The zero-order valence-electron chi connectivity index (χ0n) is 9.53. The highest BCUT2D eigenvalue weighted by Crippen LogP contribution is 2.32. The van der Waals surface area contributed by atoms with Crippen molar-refractivity contribution in [1.82, 2.24) is 5.32 Å². The Morgan fingerprint density at radius 1 is 1.41 bits per heavy atom. The Morgan fingerprint density at radius 3 is 3.12 bits per heavy atom. The standard InChI is InChI=1S/C13H14N2O.ClH/c14-5-9-1-2-10-7-16-8-11-6-15-4-3-12(9)13(10)11;/h1-2,11,15H,3-4,6-8H2;1H.